The third kappa shape index (κ3) is 2.31. The highest BCUT2D eigenvalue weighted by Gasteiger charge is 2.59. The predicted octanol–water partition coefficient (Wildman–Crippen LogP) is 2.19. The van der Waals surface area contributed by atoms with Crippen LogP contribution in [-0.4, -0.2) is 46.9 Å². The van der Waals surface area contributed by atoms with Crippen LogP contribution < -0.4 is 5.32 Å². The Labute approximate surface area is 130 Å². The summed E-state index contributed by atoms with van der Waals surface area (Å²) in [5, 5.41) is 5.70. The van der Waals surface area contributed by atoms with E-state index in [1.54, 1.807) is 11.3 Å². The summed E-state index contributed by atoms with van der Waals surface area (Å²) in [6, 6.07) is 5.36. The molecule has 1 aromatic heterocycles. The van der Waals surface area contributed by atoms with Gasteiger partial charge in [0, 0.05) is 23.5 Å². The smallest absolute Gasteiger partial charge is 0.244 e. The molecule has 0 radical (unpaired) electrons. The minimum absolute atomic E-state index is 0.0788. The fraction of sp³-hybridized carbons (Fsp3) is 0.688. The van der Waals surface area contributed by atoms with E-state index >= 15 is 0 Å². The zero-order valence-corrected chi connectivity index (χ0v) is 13.5. The maximum atomic E-state index is 12.8. The number of nitrogens with one attached hydrogen (secondary N) is 1. The molecule has 2 aliphatic carbocycles. The Bertz CT molecular complexity index is 536. The van der Waals surface area contributed by atoms with Gasteiger partial charge in [-0.15, -0.1) is 11.3 Å². The van der Waals surface area contributed by atoms with Crippen molar-refractivity contribution in [3.05, 3.63) is 22.4 Å². The fourth-order valence-electron chi connectivity index (χ4n) is 3.39. The second-order valence-corrected chi connectivity index (χ2v) is 7.83. The number of likely N-dealkylation sites (N-methyl/N-ethyl adjacent to an activating group) is 1. The van der Waals surface area contributed by atoms with E-state index in [9.17, 15) is 4.79 Å². The quantitative estimate of drug-likeness (QED) is 0.906. The maximum absolute atomic E-state index is 12.8. The highest BCUT2D eigenvalue weighted by atomic mass is 32.1. The van der Waals surface area contributed by atoms with Crippen LogP contribution >= 0.6 is 11.3 Å². The average Bonchev–Trinajstić information content (AvgIpc) is 3.39. The predicted molar refractivity (Wildman–Crippen MR) is 84.1 cm³/mol. The van der Waals surface area contributed by atoms with Crippen molar-refractivity contribution >= 4 is 17.2 Å². The summed E-state index contributed by atoms with van der Waals surface area (Å²) in [4.78, 5) is 18.6. The molecular weight excluding hydrogens is 282 g/mol. The lowest BCUT2D eigenvalue weighted by atomic mass is 10.2. The SMILES string of the molecule is CC(CN1C(=O)C2(CC2)NC1c1cccs1)N(C)C1CC1. The molecule has 4 rings (SSSR count). The van der Waals surface area contributed by atoms with Gasteiger partial charge in [-0.05, 0) is 51.1 Å². The Hall–Kier alpha value is -0.910. The summed E-state index contributed by atoms with van der Waals surface area (Å²) in [6.07, 6.45) is 4.69. The number of carbonyl (C=O) groups excluding carboxylic acids is 1. The van der Waals surface area contributed by atoms with Crippen molar-refractivity contribution < 1.29 is 4.79 Å². The highest BCUT2D eigenvalue weighted by molar-refractivity contribution is 7.10. The van der Waals surface area contributed by atoms with Crippen LogP contribution in [-0.2, 0) is 4.79 Å². The Kier molecular flexibility index (Phi) is 3.14. The summed E-state index contributed by atoms with van der Waals surface area (Å²) in [5.74, 6) is 0.317. The number of amides is 1. The zero-order valence-electron chi connectivity index (χ0n) is 12.7. The highest BCUT2D eigenvalue weighted by Crippen LogP contribution is 2.46. The van der Waals surface area contributed by atoms with Gasteiger partial charge in [0.2, 0.25) is 5.91 Å². The molecule has 4 nitrogen and oxygen atoms in total. The first kappa shape index (κ1) is 13.7. The van der Waals surface area contributed by atoms with Crippen molar-refractivity contribution in [1.82, 2.24) is 15.1 Å². The summed E-state index contributed by atoms with van der Waals surface area (Å²) in [7, 11) is 2.20. The van der Waals surface area contributed by atoms with E-state index in [-0.39, 0.29) is 11.7 Å². The zero-order chi connectivity index (χ0) is 14.6. The molecule has 3 aliphatic rings. The minimum Gasteiger partial charge on any atom is -0.319 e. The van der Waals surface area contributed by atoms with Crippen molar-refractivity contribution in [3.8, 4) is 0 Å². The Balaban J connectivity index is 1.53. The molecule has 1 aliphatic heterocycles. The van der Waals surface area contributed by atoms with Crippen molar-refractivity contribution in [3.63, 3.8) is 0 Å². The summed E-state index contributed by atoms with van der Waals surface area (Å²) in [6.45, 7) is 3.07. The van der Waals surface area contributed by atoms with Crippen LogP contribution in [0.15, 0.2) is 17.5 Å². The minimum atomic E-state index is -0.230. The molecule has 2 saturated carbocycles. The Morgan fingerprint density at radius 3 is 2.86 bits per heavy atom. The molecule has 1 aromatic rings. The molecule has 1 spiro atoms. The van der Waals surface area contributed by atoms with Gasteiger partial charge < -0.3 is 4.90 Å². The van der Waals surface area contributed by atoms with Crippen LogP contribution in [0.5, 0.6) is 0 Å². The summed E-state index contributed by atoms with van der Waals surface area (Å²) >= 11 is 1.74. The number of thiophene rings is 1. The van der Waals surface area contributed by atoms with Gasteiger partial charge in [0.1, 0.15) is 11.7 Å². The first-order valence-electron chi connectivity index (χ1n) is 7.95. The molecule has 0 bridgehead atoms. The van der Waals surface area contributed by atoms with Crippen LogP contribution in [0.4, 0.5) is 0 Å². The van der Waals surface area contributed by atoms with Crippen LogP contribution in [0.25, 0.3) is 0 Å². The molecule has 21 heavy (non-hydrogen) atoms. The fourth-order valence-corrected chi connectivity index (χ4v) is 4.18. The molecule has 114 valence electrons. The van der Waals surface area contributed by atoms with Crippen molar-refractivity contribution in [2.24, 2.45) is 0 Å². The van der Waals surface area contributed by atoms with Gasteiger partial charge >= 0.3 is 0 Å². The number of rotatable bonds is 5. The van der Waals surface area contributed by atoms with Crippen molar-refractivity contribution in [2.75, 3.05) is 13.6 Å². The topological polar surface area (TPSA) is 35.6 Å². The van der Waals surface area contributed by atoms with Crippen LogP contribution in [0.1, 0.15) is 43.6 Å². The molecule has 2 atom stereocenters. The van der Waals surface area contributed by atoms with E-state index in [2.05, 4.69) is 46.6 Å². The lowest BCUT2D eigenvalue weighted by molar-refractivity contribution is -0.131. The molecule has 1 N–H and O–H groups in total. The van der Waals surface area contributed by atoms with E-state index in [1.807, 2.05) is 0 Å². The number of nitrogens with zero attached hydrogens (tertiary/aromatic N) is 2. The standard InChI is InChI=1S/C16H23N3OS/c1-11(18(2)12-5-6-12)10-19-14(13-4-3-9-21-13)17-16(7-8-16)15(19)20/h3-4,9,11-12,14,17H,5-8,10H2,1-2H3. The molecule has 0 aromatic carbocycles. The molecule has 3 fully saturated rings. The van der Waals surface area contributed by atoms with E-state index in [0.29, 0.717) is 11.9 Å². The Morgan fingerprint density at radius 2 is 2.29 bits per heavy atom. The lowest BCUT2D eigenvalue weighted by Crippen LogP contribution is -2.43. The maximum Gasteiger partial charge on any atom is 0.244 e. The molecule has 5 heteroatoms. The monoisotopic (exact) mass is 305 g/mol. The Morgan fingerprint density at radius 1 is 1.52 bits per heavy atom. The molecule has 1 saturated heterocycles. The summed E-state index contributed by atoms with van der Waals surface area (Å²) in [5.41, 5.74) is -0.230. The molecule has 1 amide bonds. The van der Waals surface area contributed by atoms with Gasteiger partial charge in [-0.3, -0.25) is 15.0 Å². The van der Waals surface area contributed by atoms with Crippen LogP contribution in [0.2, 0.25) is 0 Å². The number of carbonyl (C=O) groups is 1. The van der Waals surface area contributed by atoms with Gasteiger partial charge in [-0.2, -0.15) is 0 Å². The van der Waals surface area contributed by atoms with E-state index in [1.165, 1.54) is 17.7 Å². The largest absolute Gasteiger partial charge is 0.319 e. The normalized spacial score (nSPS) is 28.6. The second-order valence-electron chi connectivity index (χ2n) is 6.85. The second kappa shape index (κ2) is 4.80. The number of hydrogen-bond donors (Lipinski definition) is 1. The molecule has 2 heterocycles. The van der Waals surface area contributed by atoms with Crippen LogP contribution in [0.3, 0.4) is 0 Å². The van der Waals surface area contributed by atoms with E-state index < -0.39 is 0 Å². The third-order valence-corrected chi connectivity index (χ3v) is 6.16. The van der Waals surface area contributed by atoms with Gasteiger partial charge in [0.15, 0.2) is 0 Å². The first-order chi connectivity index (χ1) is 10.1. The first-order valence-corrected chi connectivity index (χ1v) is 8.83. The number of hydrogen-bond acceptors (Lipinski definition) is 4. The van der Waals surface area contributed by atoms with Gasteiger partial charge in [0.05, 0.1) is 0 Å². The van der Waals surface area contributed by atoms with Crippen molar-refractivity contribution in [1.29, 1.82) is 0 Å². The van der Waals surface area contributed by atoms with Gasteiger partial charge in [-0.1, -0.05) is 6.07 Å². The van der Waals surface area contributed by atoms with Gasteiger partial charge in [-0.25, -0.2) is 0 Å². The van der Waals surface area contributed by atoms with Crippen LogP contribution in [0, 0.1) is 0 Å². The van der Waals surface area contributed by atoms with E-state index in [4.69, 9.17) is 0 Å². The third-order valence-electron chi connectivity index (χ3n) is 5.24. The summed E-state index contributed by atoms with van der Waals surface area (Å²) < 4.78 is 0. The lowest BCUT2D eigenvalue weighted by Gasteiger charge is -2.31. The van der Waals surface area contributed by atoms with Crippen molar-refractivity contribution in [2.45, 2.75) is 56.4 Å². The van der Waals surface area contributed by atoms with E-state index in [0.717, 1.165) is 25.4 Å². The average molecular weight is 305 g/mol. The molecule has 2 unspecified atom stereocenters. The molecular formula is C16H23N3OS. The van der Waals surface area contributed by atoms with Gasteiger partial charge in [0.25, 0.3) is 0 Å².